The van der Waals surface area contributed by atoms with E-state index in [2.05, 4.69) is 13.8 Å². The lowest BCUT2D eigenvalue weighted by Gasteiger charge is -2.33. The molecule has 0 bridgehead atoms. The lowest BCUT2D eigenvalue weighted by molar-refractivity contribution is 0.176. The third kappa shape index (κ3) is 4.14. The lowest BCUT2D eigenvalue weighted by Crippen LogP contribution is -2.21. The van der Waals surface area contributed by atoms with Crippen molar-refractivity contribution in [2.45, 2.75) is 65.2 Å². The predicted octanol–water partition coefficient (Wildman–Crippen LogP) is 4.00. The van der Waals surface area contributed by atoms with Crippen LogP contribution in [0.25, 0.3) is 0 Å². The quantitative estimate of drug-likeness (QED) is 0.705. The highest BCUT2D eigenvalue weighted by atomic mass is 16.2. The zero-order valence-electron chi connectivity index (χ0n) is 10.5. The van der Waals surface area contributed by atoms with Crippen molar-refractivity contribution >= 4 is 0 Å². The first-order chi connectivity index (χ1) is 7.31. The van der Waals surface area contributed by atoms with Crippen LogP contribution in [-0.4, -0.2) is 11.7 Å². The Labute approximate surface area is 95.3 Å². The first kappa shape index (κ1) is 13.0. The van der Waals surface area contributed by atoms with Crippen molar-refractivity contribution in [1.82, 2.24) is 0 Å². The van der Waals surface area contributed by atoms with Crippen molar-refractivity contribution in [3.63, 3.8) is 0 Å². The summed E-state index contributed by atoms with van der Waals surface area (Å²) in [6.07, 6.45) is 10.7. The SMILES string of the molecule is CCC1CCC(C(CC)CCCO)CC1. The average Bonchev–Trinajstić information content (AvgIpc) is 2.31. The smallest absolute Gasteiger partial charge is 0.0431 e. The summed E-state index contributed by atoms with van der Waals surface area (Å²) in [4.78, 5) is 0. The van der Waals surface area contributed by atoms with Crippen molar-refractivity contribution in [3.8, 4) is 0 Å². The minimum atomic E-state index is 0.376. The van der Waals surface area contributed by atoms with Gasteiger partial charge >= 0.3 is 0 Å². The molecular weight excluding hydrogens is 184 g/mol. The summed E-state index contributed by atoms with van der Waals surface area (Å²) in [5.74, 6) is 2.86. The largest absolute Gasteiger partial charge is 0.396 e. The second-order valence-corrected chi connectivity index (χ2v) is 5.22. The Morgan fingerprint density at radius 1 is 1.13 bits per heavy atom. The molecule has 90 valence electrons. The Bertz CT molecular complexity index is 147. The molecular formula is C14H28O. The van der Waals surface area contributed by atoms with Crippen LogP contribution < -0.4 is 0 Å². The molecule has 1 saturated carbocycles. The second kappa shape index (κ2) is 7.27. The van der Waals surface area contributed by atoms with Gasteiger partial charge in [-0.3, -0.25) is 0 Å². The Kier molecular flexibility index (Phi) is 6.31. The molecule has 1 heteroatoms. The van der Waals surface area contributed by atoms with Crippen LogP contribution in [0.3, 0.4) is 0 Å². The minimum absolute atomic E-state index is 0.376. The molecule has 0 spiro atoms. The summed E-state index contributed by atoms with van der Waals surface area (Å²) >= 11 is 0. The van der Waals surface area contributed by atoms with Gasteiger partial charge in [0.2, 0.25) is 0 Å². The Morgan fingerprint density at radius 2 is 1.80 bits per heavy atom. The van der Waals surface area contributed by atoms with E-state index in [1.54, 1.807) is 0 Å². The van der Waals surface area contributed by atoms with Gasteiger partial charge in [-0.25, -0.2) is 0 Å². The maximum absolute atomic E-state index is 8.89. The molecule has 1 nitrogen and oxygen atoms in total. The van der Waals surface area contributed by atoms with Crippen LogP contribution in [0.2, 0.25) is 0 Å². The Balaban J connectivity index is 2.29. The van der Waals surface area contributed by atoms with Gasteiger partial charge in [0.1, 0.15) is 0 Å². The normalized spacial score (nSPS) is 29.0. The van der Waals surface area contributed by atoms with Gasteiger partial charge in [-0.05, 0) is 43.4 Å². The standard InChI is InChI=1S/C14H28O/c1-3-12-7-9-14(10-8-12)13(4-2)6-5-11-15/h12-15H,3-11H2,1-2H3. The van der Waals surface area contributed by atoms with Crippen molar-refractivity contribution < 1.29 is 5.11 Å². The lowest BCUT2D eigenvalue weighted by atomic mass is 9.73. The molecule has 0 aromatic heterocycles. The Hall–Kier alpha value is -0.0400. The van der Waals surface area contributed by atoms with Crippen LogP contribution in [0.15, 0.2) is 0 Å². The molecule has 0 radical (unpaired) electrons. The van der Waals surface area contributed by atoms with Crippen molar-refractivity contribution in [1.29, 1.82) is 0 Å². The van der Waals surface area contributed by atoms with E-state index in [9.17, 15) is 0 Å². The van der Waals surface area contributed by atoms with Gasteiger partial charge in [-0.1, -0.05) is 39.5 Å². The fourth-order valence-corrected chi connectivity index (χ4v) is 3.19. The van der Waals surface area contributed by atoms with Crippen molar-refractivity contribution in [2.75, 3.05) is 6.61 Å². The molecule has 1 aliphatic carbocycles. The minimum Gasteiger partial charge on any atom is -0.396 e. The number of aliphatic hydroxyl groups excluding tert-OH is 1. The van der Waals surface area contributed by atoms with Gasteiger partial charge in [-0.2, -0.15) is 0 Å². The van der Waals surface area contributed by atoms with E-state index in [-0.39, 0.29) is 0 Å². The van der Waals surface area contributed by atoms with Gasteiger partial charge in [0.05, 0.1) is 0 Å². The first-order valence-corrected chi connectivity index (χ1v) is 6.92. The third-order valence-corrected chi connectivity index (χ3v) is 4.39. The fraction of sp³-hybridized carbons (Fsp3) is 1.00. The van der Waals surface area contributed by atoms with Gasteiger partial charge in [-0.15, -0.1) is 0 Å². The van der Waals surface area contributed by atoms with Crippen LogP contribution in [0.5, 0.6) is 0 Å². The number of rotatable bonds is 6. The Morgan fingerprint density at radius 3 is 2.27 bits per heavy atom. The van der Waals surface area contributed by atoms with E-state index >= 15 is 0 Å². The number of aliphatic hydroxyl groups is 1. The van der Waals surface area contributed by atoms with E-state index in [4.69, 9.17) is 5.11 Å². The molecule has 0 aromatic carbocycles. The van der Waals surface area contributed by atoms with Crippen LogP contribution >= 0.6 is 0 Å². The topological polar surface area (TPSA) is 20.2 Å². The number of hydrogen-bond acceptors (Lipinski definition) is 1. The molecule has 0 saturated heterocycles. The van der Waals surface area contributed by atoms with E-state index < -0.39 is 0 Å². The molecule has 1 fully saturated rings. The molecule has 0 aliphatic heterocycles. The molecule has 1 atom stereocenters. The second-order valence-electron chi connectivity index (χ2n) is 5.22. The molecule has 0 amide bonds. The number of hydrogen-bond donors (Lipinski definition) is 1. The highest BCUT2D eigenvalue weighted by molar-refractivity contribution is 4.76. The van der Waals surface area contributed by atoms with Crippen LogP contribution in [0.1, 0.15) is 65.2 Å². The summed E-state index contributed by atoms with van der Waals surface area (Å²) in [5, 5.41) is 8.89. The maximum Gasteiger partial charge on any atom is 0.0431 e. The maximum atomic E-state index is 8.89. The zero-order valence-corrected chi connectivity index (χ0v) is 10.5. The van der Waals surface area contributed by atoms with Crippen LogP contribution in [0.4, 0.5) is 0 Å². The molecule has 15 heavy (non-hydrogen) atoms. The molecule has 1 unspecified atom stereocenters. The highest BCUT2D eigenvalue weighted by Gasteiger charge is 2.25. The first-order valence-electron chi connectivity index (χ1n) is 6.92. The van der Waals surface area contributed by atoms with E-state index in [0.717, 1.165) is 24.2 Å². The summed E-state index contributed by atoms with van der Waals surface area (Å²) in [5.41, 5.74) is 0. The molecule has 0 aromatic rings. The van der Waals surface area contributed by atoms with Crippen molar-refractivity contribution in [3.05, 3.63) is 0 Å². The van der Waals surface area contributed by atoms with E-state index in [1.807, 2.05) is 0 Å². The van der Waals surface area contributed by atoms with E-state index in [0.29, 0.717) is 6.61 Å². The summed E-state index contributed by atoms with van der Waals surface area (Å²) in [6, 6.07) is 0. The predicted molar refractivity (Wildman–Crippen MR) is 65.8 cm³/mol. The average molecular weight is 212 g/mol. The summed E-state index contributed by atoms with van der Waals surface area (Å²) < 4.78 is 0. The van der Waals surface area contributed by atoms with Crippen LogP contribution in [0, 0.1) is 17.8 Å². The molecule has 0 heterocycles. The molecule has 1 rings (SSSR count). The van der Waals surface area contributed by atoms with Gasteiger partial charge in [0, 0.05) is 6.61 Å². The van der Waals surface area contributed by atoms with Gasteiger partial charge in [0.15, 0.2) is 0 Å². The highest BCUT2D eigenvalue weighted by Crippen LogP contribution is 2.37. The van der Waals surface area contributed by atoms with Crippen LogP contribution in [-0.2, 0) is 0 Å². The summed E-state index contributed by atoms with van der Waals surface area (Å²) in [6.45, 7) is 5.02. The summed E-state index contributed by atoms with van der Waals surface area (Å²) in [7, 11) is 0. The third-order valence-electron chi connectivity index (χ3n) is 4.39. The van der Waals surface area contributed by atoms with E-state index in [1.165, 1.54) is 44.9 Å². The zero-order chi connectivity index (χ0) is 11.1. The molecule has 1 N–H and O–H groups in total. The van der Waals surface area contributed by atoms with Gasteiger partial charge in [0.25, 0.3) is 0 Å². The van der Waals surface area contributed by atoms with Gasteiger partial charge < -0.3 is 5.11 Å². The molecule has 1 aliphatic rings. The monoisotopic (exact) mass is 212 g/mol. The fourth-order valence-electron chi connectivity index (χ4n) is 3.19. The van der Waals surface area contributed by atoms with Crippen molar-refractivity contribution in [2.24, 2.45) is 17.8 Å².